The molecule has 8 heteroatoms. The van der Waals surface area contributed by atoms with Crippen LogP contribution in [0.1, 0.15) is 16.7 Å². The second kappa shape index (κ2) is 8.87. The van der Waals surface area contributed by atoms with Gasteiger partial charge in [-0.25, -0.2) is 13.1 Å². The van der Waals surface area contributed by atoms with Crippen LogP contribution in [0.15, 0.2) is 47.4 Å². The van der Waals surface area contributed by atoms with Gasteiger partial charge in [0, 0.05) is 41.1 Å². The molecular weight excluding hydrogens is 385 g/mol. The van der Waals surface area contributed by atoms with Gasteiger partial charge in [-0.05, 0) is 59.7 Å². The molecule has 0 amide bonds. The third-order valence-electron chi connectivity index (χ3n) is 4.33. The van der Waals surface area contributed by atoms with Gasteiger partial charge in [-0.1, -0.05) is 29.8 Å². The average Bonchev–Trinajstić information content (AvgIpc) is 2.95. The summed E-state index contributed by atoms with van der Waals surface area (Å²) in [6.45, 7) is 0.341. The van der Waals surface area contributed by atoms with Gasteiger partial charge >= 0.3 is 5.97 Å². The van der Waals surface area contributed by atoms with Crippen LogP contribution in [-0.4, -0.2) is 55.6 Å². The fraction of sp³-hybridized carbons (Fsp3) is 0.278. The summed E-state index contributed by atoms with van der Waals surface area (Å²) in [5, 5.41) is 9.37. The number of hydrogen-bond donors (Lipinski definition) is 2. The van der Waals surface area contributed by atoms with Crippen LogP contribution >= 0.6 is 11.6 Å². The van der Waals surface area contributed by atoms with Crippen molar-refractivity contribution in [3.8, 4) is 0 Å². The van der Waals surface area contributed by atoms with E-state index >= 15 is 0 Å². The third kappa shape index (κ3) is 5.31. The zero-order chi connectivity index (χ0) is 18.0. The SMILES string of the molecule is O=C(O)Cc1ccc2c(c1)CC(CNS(=O)(=O)c1ccc(Cl)cc1)C2.[Na]. The van der Waals surface area contributed by atoms with Crippen LogP contribution in [-0.2, 0) is 34.1 Å². The molecule has 133 valence electrons. The van der Waals surface area contributed by atoms with Crippen LogP contribution in [0.3, 0.4) is 0 Å². The summed E-state index contributed by atoms with van der Waals surface area (Å²) in [6.07, 6.45) is 1.53. The Morgan fingerprint density at radius 2 is 1.77 bits per heavy atom. The van der Waals surface area contributed by atoms with E-state index in [2.05, 4.69) is 4.72 Å². The van der Waals surface area contributed by atoms with Gasteiger partial charge in [-0.15, -0.1) is 0 Å². The zero-order valence-electron chi connectivity index (χ0n) is 14.4. The molecule has 0 spiro atoms. The van der Waals surface area contributed by atoms with Gasteiger partial charge in [0.1, 0.15) is 0 Å². The molecule has 1 atom stereocenters. The van der Waals surface area contributed by atoms with Crippen LogP contribution in [0.5, 0.6) is 0 Å². The van der Waals surface area contributed by atoms with Crippen molar-refractivity contribution in [3.05, 3.63) is 64.2 Å². The molecule has 1 aliphatic rings. The van der Waals surface area contributed by atoms with E-state index < -0.39 is 16.0 Å². The Hall–Kier alpha value is -0.890. The van der Waals surface area contributed by atoms with E-state index in [1.807, 2.05) is 18.2 Å². The Morgan fingerprint density at radius 1 is 1.12 bits per heavy atom. The molecule has 0 saturated heterocycles. The number of hydrogen-bond acceptors (Lipinski definition) is 3. The third-order valence-corrected chi connectivity index (χ3v) is 6.02. The maximum absolute atomic E-state index is 12.3. The minimum absolute atomic E-state index is 0. The summed E-state index contributed by atoms with van der Waals surface area (Å²) < 4.78 is 27.3. The van der Waals surface area contributed by atoms with Crippen molar-refractivity contribution in [1.82, 2.24) is 4.72 Å². The molecule has 0 aromatic heterocycles. The fourth-order valence-electron chi connectivity index (χ4n) is 3.12. The van der Waals surface area contributed by atoms with E-state index in [4.69, 9.17) is 16.7 Å². The number of rotatable bonds is 6. The molecule has 0 saturated carbocycles. The Bertz CT molecular complexity index is 900. The summed E-state index contributed by atoms with van der Waals surface area (Å²) in [6, 6.07) is 11.7. The van der Waals surface area contributed by atoms with E-state index in [9.17, 15) is 13.2 Å². The van der Waals surface area contributed by atoms with Gasteiger partial charge in [0.05, 0.1) is 11.3 Å². The topological polar surface area (TPSA) is 83.5 Å². The maximum atomic E-state index is 12.3. The summed E-state index contributed by atoms with van der Waals surface area (Å²) in [5.74, 6) is -0.692. The summed E-state index contributed by atoms with van der Waals surface area (Å²) in [4.78, 5) is 11.0. The Kier molecular flexibility index (Phi) is 7.30. The normalized spacial score (nSPS) is 16.0. The van der Waals surface area contributed by atoms with Crippen LogP contribution < -0.4 is 4.72 Å². The molecule has 26 heavy (non-hydrogen) atoms. The van der Waals surface area contributed by atoms with E-state index in [0.29, 0.717) is 11.6 Å². The molecule has 2 aromatic rings. The fourth-order valence-corrected chi connectivity index (χ4v) is 4.36. The Labute approximate surface area is 180 Å². The first-order valence-electron chi connectivity index (χ1n) is 7.91. The Balaban J connectivity index is 0.00000243. The molecule has 1 unspecified atom stereocenters. The smallest absolute Gasteiger partial charge is 0.307 e. The van der Waals surface area contributed by atoms with Gasteiger partial charge in [0.2, 0.25) is 10.0 Å². The number of carbonyl (C=O) groups is 1. The molecule has 0 aliphatic heterocycles. The van der Waals surface area contributed by atoms with Crippen molar-refractivity contribution < 1.29 is 18.3 Å². The van der Waals surface area contributed by atoms with Gasteiger partial charge in [-0.3, -0.25) is 4.79 Å². The van der Waals surface area contributed by atoms with Crippen LogP contribution in [0.25, 0.3) is 0 Å². The molecule has 0 bridgehead atoms. The summed E-state index contributed by atoms with van der Waals surface area (Å²) in [7, 11) is -3.56. The Morgan fingerprint density at radius 3 is 2.42 bits per heavy atom. The van der Waals surface area contributed by atoms with E-state index in [-0.39, 0.29) is 46.8 Å². The second-order valence-electron chi connectivity index (χ2n) is 6.25. The molecule has 2 N–H and O–H groups in total. The quantitative estimate of drug-likeness (QED) is 0.726. The average molecular weight is 403 g/mol. The molecule has 5 nitrogen and oxygen atoms in total. The monoisotopic (exact) mass is 402 g/mol. The first-order chi connectivity index (χ1) is 11.8. The minimum atomic E-state index is -3.56. The molecule has 2 aromatic carbocycles. The van der Waals surface area contributed by atoms with Crippen LogP contribution in [0, 0.1) is 5.92 Å². The van der Waals surface area contributed by atoms with Crippen molar-refractivity contribution in [3.63, 3.8) is 0 Å². The maximum Gasteiger partial charge on any atom is 0.307 e. The standard InChI is InChI=1S/C18H18ClNO4S.Na/c19-16-3-5-17(6-4-16)25(23,24)20-11-13-8-14-2-1-12(10-18(21)22)7-15(14)9-13;/h1-7,13,20H,8-11H2,(H,21,22);. The number of sulfonamides is 1. The minimum Gasteiger partial charge on any atom is -0.481 e. The van der Waals surface area contributed by atoms with E-state index in [1.54, 1.807) is 12.1 Å². The number of aliphatic carboxylic acids is 1. The number of fused-ring (bicyclic) bond motifs is 1. The predicted octanol–water partition coefficient (Wildman–Crippen LogP) is 2.28. The molecule has 0 heterocycles. The zero-order valence-corrected chi connectivity index (χ0v) is 18.0. The first-order valence-corrected chi connectivity index (χ1v) is 9.77. The van der Waals surface area contributed by atoms with Gasteiger partial charge in [-0.2, -0.15) is 0 Å². The molecule has 0 fully saturated rings. The van der Waals surface area contributed by atoms with Crippen molar-refractivity contribution in [1.29, 1.82) is 0 Å². The van der Waals surface area contributed by atoms with Crippen molar-refractivity contribution in [2.24, 2.45) is 5.92 Å². The molecule has 1 radical (unpaired) electrons. The number of carboxylic acid groups (broad SMARTS) is 1. The van der Waals surface area contributed by atoms with Crippen molar-refractivity contribution in [2.75, 3.05) is 6.54 Å². The first kappa shape index (κ1) is 21.4. The number of benzene rings is 2. The number of nitrogens with one attached hydrogen (secondary N) is 1. The molecule has 1 aliphatic carbocycles. The van der Waals surface area contributed by atoms with Gasteiger partial charge in [0.25, 0.3) is 0 Å². The number of carboxylic acids is 1. The van der Waals surface area contributed by atoms with Crippen molar-refractivity contribution >= 4 is 57.2 Å². The van der Waals surface area contributed by atoms with Crippen molar-refractivity contribution in [2.45, 2.75) is 24.2 Å². The number of halogens is 1. The van der Waals surface area contributed by atoms with E-state index in [1.165, 1.54) is 12.1 Å². The predicted molar refractivity (Wildman–Crippen MR) is 101 cm³/mol. The molecule has 3 rings (SSSR count). The van der Waals surface area contributed by atoms with Crippen LogP contribution in [0.2, 0.25) is 5.02 Å². The van der Waals surface area contributed by atoms with Gasteiger partial charge < -0.3 is 5.11 Å². The van der Waals surface area contributed by atoms with Gasteiger partial charge in [0.15, 0.2) is 0 Å². The van der Waals surface area contributed by atoms with E-state index in [0.717, 1.165) is 29.5 Å². The summed E-state index contributed by atoms with van der Waals surface area (Å²) >= 11 is 5.79. The summed E-state index contributed by atoms with van der Waals surface area (Å²) in [5.41, 5.74) is 3.04. The van der Waals surface area contributed by atoms with Crippen LogP contribution in [0.4, 0.5) is 0 Å². The largest absolute Gasteiger partial charge is 0.481 e. The second-order valence-corrected chi connectivity index (χ2v) is 8.46. The molecular formula is C18H18ClNNaO4S.